The Hall–Kier alpha value is -4.01. The van der Waals surface area contributed by atoms with Crippen LogP contribution in [0.25, 0.3) is 10.8 Å². The SMILES string of the molecule is CN(C)C[C@@H]1CCCN1C(=O)[C@@H](Cc1ccccc1)N(C)C(=O)[C@@H](Cc1ccc2ccccc2c1)N(C)C(=O)C=CCC(C)(C)N. The van der Waals surface area contributed by atoms with Crippen LogP contribution in [-0.4, -0.2) is 102 Å². The summed E-state index contributed by atoms with van der Waals surface area (Å²) < 4.78 is 0. The highest BCUT2D eigenvalue weighted by atomic mass is 16.2. The highest BCUT2D eigenvalue weighted by Crippen LogP contribution is 2.24. The van der Waals surface area contributed by atoms with Gasteiger partial charge in [-0.1, -0.05) is 78.9 Å². The van der Waals surface area contributed by atoms with E-state index in [0.29, 0.717) is 25.8 Å². The molecule has 0 aliphatic carbocycles. The Bertz CT molecular complexity index is 1510. The van der Waals surface area contributed by atoms with E-state index >= 15 is 0 Å². The van der Waals surface area contributed by atoms with Crippen LogP contribution in [0.3, 0.4) is 0 Å². The zero-order valence-electron chi connectivity index (χ0n) is 28.4. The number of amides is 3. The molecule has 0 aromatic heterocycles. The molecule has 3 aromatic carbocycles. The number of likely N-dealkylation sites (N-methyl/N-ethyl adjacent to an activating group) is 3. The third kappa shape index (κ3) is 9.27. The van der Waals surface area contributed by atoms with Gasteiger partial charge in [0.05, 0.1) is 0 Å². The standard InChI is InChI=1S/C38H51N5O3/c1-38(2,39)22-12-19-35(44)41(5)33(26-29-20-21-30-16-10-11-17-31(30)24-29)36(45)42(6)34(25-28-14-8-7-9-15-28)37(46)43-23-13-18-32(43)27-40(3)4/h7-12,14-17,19-21,24,32-34H,13,18,22-23,25-27,39H2,1-6H3/t32-,33+,34+/m0/s1. The second-order valence-corrected chi connectivity index (χ2v) is 13.7. The van der Waals surface area contributed by atoms with E-state index in [4.69, 9.17) is 5.73 Å². The average molecular weight is 626 g/mol. The van der Waals surface area contributed by atoms with Crippen molar-refractivity contribution in [1.29, 1.82) is 0 Å². The van der Waals surface area contributed by atoms with Gasteiger partial charge in [-0.25, -0.2) is 0 Å². The second kappa shape index (κ2) is 15.5. The topological polar surface area (TPSA) is 90.2 Å². The van der Waals surface area contributed by atoms with Gasteiger partial charge in [0.25, 0.3) is 0 Å². The Morgan fingerprint density at radius 1 is 0.870 bits per heavy atom. The van der Waals surface area contributed by atoms with Gasteiger partial charge >= 0.3 is 0 Å². The van der Waals surface area contributed by atoms with Crippen molar-refractivity contribution in [1.82, 2.24) is 19.6 Å². The van der Waals surface area contributed by atoms with E-state index in [2.05, 4.69) is 17.0 Å². The van der Waals surface area contributed by atoms with Crippen molar-refractivity contribution in [3.05, 3.63) is 96.1 Å². The summed E-state index contributed by atoms with van der Waals surface area (Å²) in [5, 5.41) is 2.17. The van der Waals surface area contributed by atoms with Crippen LogP contribution in [0.1, 0.15) is 44.2 Å². The van der Waals surface area contributed by atoms with Crippen LogP contribution in [-0.2, 0) is 27.2 Å². The molecule has 246 valence electrons. The molecule has 0 saturated carbocycles. The molecule has 8 nitrogen and oxygen atoms in total. The molecular formula is C38H51N5O3. The van der Waals surface area contributed by atoms with E-state index in [1.165, 1.54) is 11.0 Å². The lowest BCUT2D eigenvalue weighted by molar-refractivity contribution is -0.149. The van der Waals surface area contributed by atoms with Gasteiger partial charge in [0.15, 0.2) is 0 Å². The first kappa shape index (κ1) is 34.9. The Morgan fingerprint density at radius 3 is 2.20 bits per heavy atom. The summed E-state index contributed by atoms with van der Waals surface area (Å²) in [5.41, 5.74) is 7.59. The molecule has 2 N–H and O–H groups in total. The first-order valence-corrected chi connectivity index (χ1v) is 16.3. The quantitative estimate of drug-likeness (QED) is 0.282. The fourth-order valence-electron chi connectivity index (χ4n) is 6.26. The van der Waals surface area contributed by atoms with Crippen molar-refractivity contribution in [2.75, 3.05) is 41.3 Å². The lowest BCUT2D eigenvalue weighted by Crippen LogP contribution is -2.57. The number of hydrogen-bond donors (Lipinski definition) is 1. The van der Waals surface area contributed by atoms with Crippen LogP contribution in [0.4, 0.5) is 0 Å². The number of hydrogen-bond acceptors (Lipinski definition) is 5. The molecule has 8 heteroatoms. The van der Waals surface area contributed by atoms with Gasteiger partial charge in [0.1, 0.15) is 12.1 Å². The third-order valence-electron chi connectivity index (χ3n) is 8.86. The number of nitrogens with zero attached hydrogens (tertiary/aromatic N) is 4. The Morgan fingerprint density at radius 2 is 1.52 bits per heavy atom. The van der Waals surface area contributed by atoms with Crippen LogP contribution >= 0.6 is 0 Å². The van der Waals surface area contributed by atoms with E-state index in [9.17, 15) is 14.4 Å². The van der Waals surface area contributed by atoms with Crippen molar-refractivity contribution in [2.24, 2.45) is 5.73 Å². The van der Waals surface area contributed by atoms with Crippen molar-refractivity contribution in [3.8, 4) is 0 Å². The third-order valence-corrected chi connectivity index (χ3v) is 8.86. The van der Waals surface area contributed by atoms with Gasteiger partial charge < -0.3 is 25.3 Å². The molecule has 0 bridgehead atoms. The molecule has 3 atom stereocenters. The van der Waals surface area contributed by atoms with Gasteiger partial charge in [-0.3, -0.25) is 14.4 Å². The Kier molecular flexibility index (Phi) is 11.8. The molecule has 1 heterocycles. The van der Waals surface area contributed by atoms with Gasteiger partial charge in [-0.2, -0.15) is 0 Å². The van der Waals surface area contributed by atoms with Crippen molar-refractivity contribution in [2.45, 2.75) is 69.6 Å². The summed E-state index contributed by atoms with van der Waals surface area (Å²) in [5.74, 6) is -0.602. The summed E-state index contributed by atoms with van der Waals surface area (Å²) in [6.45, 7) is 5.25. The highest BCUT2D eigenvalue weighted by Gasteiger charge is 2.39. The predicted molar refractivity (Wildman–Crippen MR) is 186 cm³/mol. The zero-order chi connectivity index (χ0) is 33.4. The summed E-state index contributed by atoms with van der Waals surface area (Å²) >= 11 is 0. The van der Waals surface area contributed by atoms with Gasteiger partial charge in [0.2, 0.25) is 17.7 Å². The predicted octanol–water partition coefficient (Wildman–Crippen LogP) is 4.52. The maximum Gasteiger partial charge on any atom is 0.246 e. The minimum absolute atomic E-state index is 0.0486. The first-order valence-electron chi connectivity index (χ1n) is 16.3. The number of nitrogens with two attached hydrogens (primary N) is 1. The number of carbonyl (C=O) groups is 3. The van der Waals surface area contributed by atoms with Crippen LogP contribution in [0.2, 0.25) is 0 Å². The first-order chi connectivity index (χ1) is 21.8. The lowest BCUT2D eigenvalue weighted by atomic mass is 9.98. The molecular weight excluding hydrogens is 574 g/mol. The van der Waals surface area contributed by atoms with Crippen molar-refractivity contribution < 1.29 is 14.4 Å². The molecule has 1 fully saturated rings. The average Bonchev–Trinajstić information content (AvgIpc) is 3.48. The van der Waals surface area contributed by atoms with Crippen LogP contribution in [0.15, 0.2) is 84.9 Å². The van der Waals surface area contributed by atoms with Gasteiger partial charge in [-0.05, 0) is 75.2 Å². The summed E-state index contributed by atoms with van der Waals surface area (Å²) in [6, 6.07) is 22.6. The molecule has 3 amide bonds. The summed E-state index contributed by atoms with van der Waals surface area (Å²) in [7, 11) is 7.42. The molecule has 0 unspecified atom stereocenters. The molecule has 0 spiro atoms. The normalized spacial score (nSPS) is 16.6. The van der Waals surface area contributed by atoms with Crippen molar-refractivity contribution >= 4 is 28.5 Å². The minimum atomic E-state index is -0.823. The smallest absolute Gasteiger partial charge is 0.246 e. The molecule has 3 aromatic rings. The maximum absolute atomic E-state index is 14.6. The fourth-order valence-corrected chi connectivity index (χ4v) is 6.26. The van der Waals surface area contributed by atoms with Crippen LogP contribution in [0.5, 0.6) is 0 Å². The number of fused-ring (bicyclic) bond motifs is 1. The molecule has 1 aliphatic rings. The number of carbonyl (C=O) groups excluding carboxylic acids is 3. The molecule has 1 saturated heterocycles. The number of benzene rings is 3. The lowest BCUT2D eigenvalue weighted by Gasteiger charge is -2.37. The zero-order valence-corrected chi connectivity index (χ0v) is 28.4. The number of likely N-dealkylation sites (tertiary alicyclic amines) is 1. The maximum atomic E-state index is 14.6. The molecule has 4 rings (SSSR count). The van der Waals surface area contributed by atoms with E-state index in [1.807, 2.05) is 93.5 Å². The fraction of sp³-hybridized carbons (Fsp3) is 0.447. The molecule has 0 radical (unpaired) electrons. The van der Waals surface area contributed by atoms with E-state index in [-0.39, 0.29) is 23.8 Å². The van der Waals surface area contributed by atoms with E-state index in [0.717, 1.165) is 41.3 Å². The highest BCUT2D eigenvalue weighted by molar-refractivity contribution is 5.95. The van der Waals surface area contributed by atoms with E-state index in [1.54, 1.807) is 25.1 Å². The number of rotatable bonds is 13. The van der Waals surface area contributed by atoms with E-state index < -0.39 is 17.6 Å². The van der Waals surface area contributed by atoms with Gasteiger partial charge in [0, 0.05) is 51.6 Å². The Balaban J connectivity index is 1.68. The monoisotopic (exact) mass is 625 g/mol. The minimum Gasteiger partial charge on any atom is -0.337 e. The Labute approximate surface area is 274 Å². The van der Waals surface area contributed by atoms with Crippen molar-refractivity contribution in [3.63, 3.8) is 0 Å². The largest absolute Gasteiger partial charge is 0.337 e. The second-order valence-electron chi connectivity index (χ2n) is 13.7. The summed E-state index contributed by atoms with van der Waals surface area (Å²) in [6.07, 6.45) is 6.36. The van der Waals surface area contributed by atoms with Gasteiger partial charge in [-0.15, -0.1) is 0 Å². The molecule has 46 heavy (non-hydrogen) atoms. The molecule has 1 aliphatic heterocycles. The van der Waals surface area contributed by atoms with Crippen LogP contribution in [0, 0.1) is 0 Å². The summed E-state index contributed by atoms with van der Waals surface area (Å²) in [4.78, 5) is 49.6. The van der Waals surface area contributed by atoms with Crippen LogP contribution < -0.4 is 5.73 Å².